The number of benzene rings is 4. The number of aryl methyl sites for hydroxylation is 1. The largest absolute Gasteiger partial charge is 0.0654 e. The molecule has 0 heteroatoms. The van der Waals surface area contributed by atoms with Crippen molar-refractivity contribution in [1.29, 1.82) is 0 Å². The van der Waals surface area contributed by atoms with Gasteiger partial charge in [-0.05, 0) is 64.3 Å². The average molecular weight is 381 g/mol. The molecule has 0 spiro atoms. The van der Waals surface area contributed by atoms with Gasteiger partial charge in [-0.1, -0.05) is 111 Å². The van der Waals surface area contributed by atoms with Crippen LogP contribution in [0.25, 0.3) is 21.5 Å². The summed E-state index contributed by atoms with van der Waals surface area (Å²) in [7, 11) is 0. The summed E-state index contributed by atoms with van der Waals surface area (Å²) in [5.41, 5.74) is 3.29. The van der Waals surface area contributed by atoms with E-state index in [0.717, 1.165) is 5.92 Å². The highest BCUT2D eigenvalue weighted by molar-refractivity contribution is 6.08. The molecule has 1 unspecified atom stereocenters. The summed E-state index contributed by atoms with van der Waals surface area (Å²) in [6.07, 6.45) is 9.46. The Morgan fingerprint density at radius 3 is 2.17 bits per heavy atom. The molecular weight excluding hydrogens is 348 g/mol. The van der Waals surface area contributed by atoms with Gasteiger partial charge in [0.15, 0.2) is 0 Å². The lowest BCUT2D eigenvalue weighted by atomic mass is 9.78. The highest BCUT2D eigenvalue weighted by atomic mass is 14.3. The zero-order valence-electron chi connectivity index (χ0n) is 17.6. The molecule has 1 aliphatic rings. The van der Waals surface area contributed by atoms with Crippen LogP contribution in [0, 0.1) is 0 Å². The Kier molecular flexibility index (Phi) is 6.62. The van der Waals surface area contributed by atoms with Gasteiger partial charge in [-0.15, -0.1) is 0 Å². The third-order valence-electron chi connectivity index (χ3n) is 6.32. The monoisotopic (exact) mass is 380 g/mol. The molecule has 0 aliphatic heterocycles. The van der Waals surface area contributed by atoms with Crippen LogP contribution < -0.4 is 0 Å². The van der Waals surface area contributed by atoms with Crippen LogP contribution >= 0.6 is 0 Å². The van der Waals surface area contributed by atoms with Gasteiger partial charge >= 0.3 is 0 Å². The van der Waals surface area contributed by atoms with Crippen molar-refractivity contribution in [3.05, 3.63) is 96.1 Å². The lowest BCUT2D eigenvalue weighted by molar-refractivity contribution is 0.495. The van der Waals surface area contributed by atoms with Gasteiger partial charge in [0.05, 0.1) is 0 Å². The number of rotatable bonds is 4. The molecule has 0 amide bonds. The number of hydrogen-bond donors (Lipinski definition) is 0. The summed E-state index contributed by atoms with van der Waals surface area (Å²) >= 11 is 0. The van der Waals surface area contributed by atoms with E-state index in [1.165, 1.54) is 66.5 Å². The Bertz CT molecular complexity index is 1020. The summed E-state index contributed by atoms with van der Waals surface area (Å²) in [5, 5.41) is 5.70. The predicted octanol–water partition coefficient (Wildman–Crippen LogP) is 8.68. The Hall–Kier alpha value is -2.60. The first-order chi connectivity index (χ1) is 14.4. The van der Waals surface area contributed by atoms with E-state index < -0.39 is 0 Å². The van der Waals surface area contributed by atoms with Gasteiger partial charge in [0.1, 0.15) is 0 Å². The summed E-state index contributed by atoms with van der Waals surface area (Å²) in [6, 6.07) is 30.3. The van der Waals surface area contributed by atoms with E-state index in [9.17, 15) is 0 Å². The van der Waals surface area contributed by atoms with Crippen LogP contribution in [0.2, 0.25) is 0 Å². The van der Waals surface area contributed by atoms with E-state index in [1.807, 2.05) is 36.4 Å². The zero-order chi connectivity index (χ0) is 19.9. The Morgan fingerprint density at radius 2 is 1.41 bits per heavy atom. The summed E-state index contributed by atoms with van der Waals surface area (Å²) in [5.74, 6) is 0.793. The molecule has 148 valence electrons. The van der Waals surface area contributed by atoms with Crippen LogP contribution in [0.5, 0.6) is 0 Å². The fraction of sp³-hybridized carbons (Fsp3) is 0.310. The fourth-order valence-corrected chi connectivity index (χ4v) is 4.84. The van der Waals surface area contributed by atoms with E-state index in [4.69, 9.17) is 0 Å². The van der Waals surface area contributed by atoms with Crippen molar-refractivity contribution in [3.8, 4) is 0 Å². The summed E-state index contributed by atoms with van der Waals surface area (Å²) in [6.45, 7) is 2.30. The van der Waals surface area contributed by atoms with Crippen LogP contribution in [-0.2, 0) is 6.42 Å². The maximum Gasteiger partial charge on any atom is -0.0102 e. The molecule has 0 fully saturated rings. The SMILES string of the molecule is CCCCCC1CCCc2c1ccc1c2ccc2ccccc21.c1ccccc1. The van der Waals surface area contributed by atoms with Gasteiger partial charge in [-0.3, -0.25) is 0 Å². The number of hydrogen-bond acceptors (Lipinski definition) is 0. The van der Waals surface area contributed by atoms with E-state index in [-0.39, 0.29) is 0 Å². The average Bonchev–Trinajstić information content (AvgIpc) is 2.80. The molecule has 1 atom stereocenters. The summed E-state index contributed by atoms with van der Waals surface area (Å²) < 4.78 is 0. The fourth-order valence-electron chi connectivity index (χ4n) is 4.84. The molecule has 0 radical (unpaired) electrons. The minimum Gasteiger partial charge on any atom is -0.0654 e. The third kappa shape index (κ3) is 4.53. The van der Waals surface area contributed by atoms with Crippen molar-refractivity contribution in [2.24, 2.45) is 0 Å². The standard InChI is InChI=1S/C23H26.C6H6/c1-2-3-4-8-17-10-7-12-21-20(17)15-16-22-19-11-6-5-9-18(19)13-14-23(21)22;1-2-4-6-5-3-1/h5-6,9,11,13-17H,2-4,7-8,10,12H2,1H3;1-6H. The molecule has 1 aliphatic carbocycles. The molecule has 0 N–H and O–H groups in total. The van der Waals surface area contributed by atoms with E-state index >= 15 is 0 Å². The second-order valence-corrected chi connectivity index (χ2v) is 8.25. The predicted molar refractivity (Wildman–Crippen MR) is 128 cm³/mol. The van der Waals surface area contributed by atoms with Crippen molar-refractivity contribution >= 4 is 21.5 Å². The number of unbranched alkanes of at least 4 members (excludes halogenated alkanes) is 2. The van der Waals surface area contributed by atoms with Gasteiger partial charge in [0, 0.05) is 0 Å². The lowest BCUT2D eigenvalue weighted by Gasteiger charge is -2.27. The van der Waals surface area contributed by atoms with Gasteiger partial charge in [0.25, 0.3) is 0 Å². The first kappa shape index (κ1) is 19.7. The van der Waals surface area contributed by atoms with Gasteiger partial charge in [-0.2, -0.15) is 0 Å². The minimum absolute atomic E-state index is 0.793. The van der Waals surface area contributed by atoms with E-state index in [0.29, 0.717) is 0 Å². The van der Waals surface area contributed by atoms with Crippen molar-refractivity contribution in [1.82, 2.24) is 0 Å². The molecule has 29 heavy (non-hydrogen) atoms. The molecule has 4 aromatic carbocycles. The van der Waals surface area contributed by atoms with Gasteiger partial charge in [-0.25, -0.2) is 0 Å². The Morgan fingerprint density at radius 1 is 0.690 bits per heavy atom. The van der Waals surface area contributed by atoms with Gasteiger partial charge in [0.2, 0.25) is 0 Å². The Labute approximate surface area is 175 Å². The third-order valence-corrected chi connectivity index (χ3v) is 6.32. The topological polar surface area (TPSA) is 0 Å². The smallest absolute Gasteiger partial charge is 0.0102 e. The molecular formula is C29H32. The van der Waals surface area contributed by atoms with Crippen molar-refractivity contribution in [3.63, 3.8) is 0 Å². The van der Waals surface area contributed by atoms with Crippen LogP contribution in [-0.4, -0.2) is 0 Å². The first-order valence-electron chi connectivity index (χ1n) is 11.3. The molecule has 0 nitrogen and oxygen atoms in total. The minimum atomic E-state index is 0.793. The van der Waals surface area contributed by atoms with E-state index in [2.05, 4.69) is 55.5 Å². The maximum atomic E-state index is 2.44. The highest BCUT2D eigenvalue weighted by Crippen LogP contribution is 2.40. The normalized spacial score (nSPS) is 15.6. The molecule has 0 saturated heterocycles. The van der Waals surface area contributed by atoms with E-state index in [1.54, 1.807) is 11.1 Å². The molecule has 0 heterocycles. The molecule has 4 aromatic rings. The van der Waals surface area contributed by atoms with Crippen LogP contribution in [0.3, 0.4) is 0 Å². The molecule has 0 aromatic heterocycles. The highest BCUT2D eigenvalue weighted by Gasteiger charge is 2.21. The first-order valence-corrected chi connectivity index (χ1v) is 11.3. The quantitative estimate of drug-likeness (QED) is 0.245. The lowest BCUT2D eigenvalue weighted by Crippen LogP contribution is -2.10. The van der Waals surface area contributed by atoms with Crippen molar-refractivity contribution < 1.29 is 0 Å². The van der Waals surface area contributed by atoms with Crippen LogP contribution in [0.15, 0.2) is 84.9 Å². The molecule has 5 rings (SSSR count). The zero-order valence-corrected chi connectivity index (χ0v) is 17.6. The maximum absolute atomic E-state index is 2.44. The van der Waals surface area contributed by atoms with Crippen molar-refractivity contribution in [2.75, 3.05) is 0 Å². The summed E-state index contributed by atoms with van der Waals surface area (Å²) in [4.78, 5) is 0. The Balaban J connectivity index is 0.000000294. The van der Waals surface area contributed by atoms with Crippen LogP contribution in [0.1, 0.15) is 62.5 Å². The second-order valence-electron chi connectivity index (χ2n) is 8.25. The molecule has 0 saturated carbocycles. The van der Waals surface area contributed by atoms with Crippen molar-refractivity contribution in [2.45, 2.75) is 57.8 Å². The molecule has 0 bridgehead atoms. The van der Waals surface area contributed by atoms with Gasteiger partial charge < -0.3 is 0 Å². The number of fused-ring (bicyclic) bond motifs is 5. The second kappa shape index (κ2) is 9.74. The van der Waals surface area contributed by atoms with Crippen LogP contribution in [0.4, 0.5) is 0 Å².